The monoisotopic (exact) mass is 402 g/mol. The summed E-state index contributed by atoms with van der Waals surface area (Å²) < 4.78 is 0. The van der Waals surface area contributed by atoms with Crippen molar-refractivity contribution in [2.75, 3.05) is 10.4 Å². The van der Waals surface area contributed by atoms with Crippen LogP contribution in [0.15, 0.2) is 106 Å². The van der Waals surface area contributed by atoms with Gasteiger partial charge in [-0.1, -0.05) is 48.5 Å². The predicted octanol–water partition coefficient (Wildman–Crippen LogP) is 6.12. The van der Waals surface area contributed by atoms with Gasteiger partial charge in [0.25, 0.3) is 0 Å². The van der Waals surface area contributed by atoms with Crippen LogP contribution in [0.3, 0.4) is 0 Å². The molecule has 138 valence electrons. The number of para-hydroxylation sites is 2. The van der Waals surface area contributed by atoms with E-state index in [9.17, 15) is 0 Å². The van der Waals surface area contributed by atoms with E-state index in [2.05, 4.69) is 5.43 Å². The van der Waals surface area contributed by atoms with E-state index in [-0.39, 0.29) is 0 Å². The normalized spacial score (nSPS) is 11.6. The first-order chi connectivity index (χ1) is 13.9. The highest BCUT2D eigenvalue weighted by Crippen LogP contribution is 2.22. The molecule has 1 N–H and O–H groups in total. The molecule has 4 rings (SSSR count). The molecule has 0 radical (unpaired) electrons. The highest BCUT2D eigenvalue weighted by molar-refractivity contribution is 7.12. The summed E-state index contributed by atoms with van der Waals surface area (Å²) in [6, 6.07) is 28.1. The summed E-state index contributed by atoms with van der Waals surface area (Å²) in [5, 5.41) is 15.4. The summed E-state index contributed by atoms with van der Waals surface area (Å²) in [4.78, 5) is 2.11. The van der Waals surface area contributed by atoms with Crippen molar-refractivity contribution < 1.29 is 0 Å². The van der Waals surface area contributed by atoms with Gasteiger partial charge in [0.05, 0.1) is 22.5 Å². The third kappa shape index (κ3) is 4.54. The van der Waals surface area contributed by atoms with E-state index >= 15 is 0 Å². The molecule has 0 saturated heterocycles. The number of thiophene rings is 2. The molecule has 6 heteroatoms. The average molecular weight is 403 g/mol. The summed E-state index contributed by atoms with van der Waals surface area (Å²) in [6.45, 7) is 0. The van der Waals surface area contributed by atoms with Gasteiger partial charge in [0.1, 0.15) is 0 Å². The van der Waals surface area contributed by atoms with Crippen LogP contribution in [-0.2, 0) is 0 Å². The van der Waals surface area contributed by atoms with E-state index in [1.54, 1.807) is 22.7 Å². The van der Waals surface area contributed by atoms with Crippen LogP contribution in [0.5, 0.6) is 0 Å². The lowest BCUT2D eigenvalue weighted by Gasteiger charge is -2.20. The molecule has 0 atom stereocenters. The number of nitrogens with one attached hydrogen (secondary N) is 1. The van der Waals surface area contributed by atoms with Crippen LogP contribution < -0.4 is 10.4 Å². The Hall–Kier alpha value is -3.22. The smallest absolute Gasteiger partial charge is 0.191 e. The molecule has 0 bridgehead atoms. The fourth-order valence-corrected chi connectivity index (χ4v) is 3.81. The van der Waals surface area contributed by atoms with Crippen molar-refractivity contribution in [2.45, 2.75) is 0 Å². The second kappa shape index (κ2) is 9.12. The number of hydrazone groups is 2. The molecule has 4 nitrogen and oxygen atoms in total. The Morgan fingerprint density at radius 3 is 2.18 bits per heavy atom. The zero-order valence-electron chi connectivity index (χ0n) is 15.0. The van der Waals surface area contributed by atoms with Gasteiger partial charge in [0.2, 0.25) is 0 Å². The topological polar surface area (TPSA) is 40.0 Å². The van der Waals surface area contributed by atoms with Crippen molar-refractivity contribution in [1.82, 2.24) is 0 Å². The van der Waals surface area contributed by atoms with E-state index in [1.165, 1.54) is 0 Å². The van der Waals surface area contributed by atoms with E-state index in [0.717, 1.165) is 27.0 Å². The molecule has 0 amide bonds. The van der Waals surface area contributed by atoms with Crippen molar-refractivity contribution in [2.24, 2.45) is 10.2 Å². The number of anilines is 2. The number of hydrogen-bond donors (Lipinski definition) is 1. The van der Waals surface area contributed by atoms with Gasteiger partial charge in [0, 0.05) is 4.88 Å². The first-order valence-corrected chi connectivity index (χ1v) is 10.5. The average Bonchev–Trinajstić information content (AvgIpc) is 3.46. The maximum atomic E-state index is 4.76. The second-order valence-corrected chi connectivity index (χ2v) is 7.72. The van der Waals surface area contributed by atoms with Gasteiger partial charge >= 0.3 is 0 Å². The zero-order chi connectivity index (χ0) is 19.0. The Morgan fingerprint density at radius 1 is 0.786 bits per heavy atom. The Bertz CT molecular complexity index is 1020. The maximum absolute atomic E-state index is 4.76. The largest absolute Gasteiger partial charge is 0.276 e. The summed E-state index contributed by atoms with van der Waals surface area (Å²) in [5.74, 6) is 0.734. The summed E-state index contributed by atoms with van der Waals surface area (Å²) in [7, 11) is 0. The number of hydrogen-bond acceptors (Lipinski definition) is 5. The minimum atomic E-state index is 0.734. The van der Waals surface area contributed by atoms with Gasteiger partial charge in [-0.05, 0) is 47.2 Å². The van der Waals surface area contributed by atoms with Crippen LogP contribution in [0.25, 0.3) is 0 Å². The molecule has 0 saturated carbocycles. The molecule has 4 aromatic rings. The van der Waals surface area contributed by atoms with Crippen molar-refractivity contribution in [3.05, 3.63) is 105 Å². The Labute approximate surface area is 172 Å². The minimum absolute atomic E-state index is 0.734. The number of benzene rings is 2. The van der Waals surface area contributed by atoms with Crippen LogP contribution in [0, 0.1) is 0 Å². The van der Waals surface area contributed by atoms with E-state index in [4.69, 9.17) is 10.2 Å². The van der Waals surface area contributed by atoms with Crippen molar-refractivity contribution in [3.8, 4) is 0 Å². The van der Waals surface area contributed by atoms with Crippen LogP contribution in [0.1, 0.15) is 9.75 Å². The second-order valence-electron chi connectivity index (χ2n) is 5.80. The summed E-state index contributed by atoms with van der Waals surface area (Å²) >= 11 is 3.28. The fraction of sp³-hybridized carbons (Fsp3) is 0. The quantitative estimate of drug-likeness (QED) is 0.240. The molecule has 0 aliphatic rings. The van der Waals surface area contributed by atoms with Crippen LogP contribution >= 0.6 is 22.7 Å². The van der Waals surface area contributed by atoms with Crippen molar-refractivity contribution >= 4 is 46.1 Å². The molecule has 2 aromatic carbocycles. The molecule has 2 aromatic heterocycles. The molecule has 0 fully saturated rings. The Morgan fingerprint density at radius 2 is 1.50 bits per heavy atom. The summed E-state index contributed by atoms with van der Waals surface area (Å²) in [6.07, 6.45) is 1.86. The Balaban J connectivity index is 1.74. The van der Waals surface area contributed by atoms with Crippen molar-refractivity contribution in [1.29, 1.82) is 0 Å². The van der Waals surface area contributed by atoms with Gasteiger partial charge < -0.3 is 0 Å². The number of amidine groups is 1. The highest BCUT2D eigenvalue weighted by atomic mass is 32.1. The number of nitrogens with zero attached hydrogens (tertiary/aromatic N) is 3. The SMILES string of the molecule is C(=N\N(/C(=N\Nc1ccccc1)c1cccs1)c1ccccc1)/c1cccs1. The first-order valence-electron chi connectivity index (χ1n) is 8.75. The lowest BCUT2D eigenvalue weighted by atomic mass is 10.3. The van der Waals surface area contributed by atoms with Crippen LogP contribution in [-0.4, -0.2) is 12.1 Å². The van der Waals surface area contributed by atoms with E-state index < -0.39 is 0 Å². The Kier molecular flexibility index (Phi) is 5.92. The lowest BCUT2D eigenvalue weighted by Crippen LogP contribution is -2.27. The van der Waals surface area contributed by atoms with Crippen molar-refractivity contribution in [3.63, 3.8) is 0 Å². The van der Waals surface area contributed by atoms with E-state index in [0.29, 0.717) is 0 Å². The first kappa shape index (κ1) is 18.2. The lowest BCUT2D eigenvalue weighted by molar-refractivity contribution is 1.12. The molecule has 0 aliphatic carbocycles. The van der Waals surface area contributed by atoms with Gasteiger partial charge in [-0.15, -0.1) is 22.7 Å². The highest BCUT2D eigenvalue weighted by Gasteiger charge is 2.16. The van der Waals surface area contributed by atoms with Crippen LogP contribution in [0.2, 0.25) is 0 Å². The summed E-state index contributed by atoms with van der Waals surface area (Å²) in [5.41, 5.74) is 5.02. The maximum Gasteiger partial charge on any atom is 0.191 e. The standard InChI is InChI=1S/C22H18N4S2/c1-3-9-18(10-4-1)24-25-22(21-14-8-16-28-21)26(19-11-5-2-6-12-19)23-17-20-13-7-15-27-20/h1-17,24H/b23-17+,25-22-. The molecule has 2 heterocycles. The third-order valence-corrected chi connectivity index (χ3v) is 5.52. The van der Waals surface area contributed by atoms with Gasteiger partial charge in [-0.2, -0.15) is 10.2 Å². The molecule has 0 aliphatic heterocycles. The van der Waals surface area contributed by atoms with E-state index in [1.807, 2.05) is 107 Å². The third-order valence-electron chi connectivity index (χ3n) is 3.85. The van der Waals surface area contributed by atoms with Gasteiger partial charge in [-0.25, -0.2) is 5.01 Å². The minimum Gasteiger partial charge on any atom is -0.276 e. The molecule has 0 spiro atoms. The fourth-order valence-electron chi connectivity index (χ4n) is 2.54. The predicted molar refractivity (Wildman–Crippen MR) is 122 cm³/mol. The van der Waals surface area contributed by atoms with Gasteiger partial charge in [-0.3, -0.25) is 5.43 Å². The number of rotatable bonds is 6. The van der Waals surface area contributed by atoms with Crippen LogP contribution in [0.4, 0.5) is 11.4 Å². The molecule has 28 heavy (non-hydrogen) atoms. The molecular weight excluding hydrogens is 384 g/mol. The van der Waals surface area contributed by atoms with Gasteiger partial charge in [0.15, 0.2) is 5.84 Å². The molecule has 0 unspecified atom stereocenters. The molecular formula is C22H18N4S2. The zero-order valence-corrected chi connectivity index (χ0v) is 16.6.